The van der Waals surface area contributed by atoms with E-state index in [1.54, 1.807) is 6.26 Å². The first kappa shape index (κ1) is 15.3. The van der Waals surface area contributed by atoms with E-state index in [0.29, 0.717) is 0 Å². The summed E-state index contributed by atoms with van der Waals surface area (Å²) in [5.74, 6) is -0.0818. The lowest BCUT2D eigenvalue weighted by atomic mass is 9.82. The second-order valence-electron chi connectivity index (χ2n) is 7.21. The van der Waals surface area contributed by atoms with Gasteiger partial charge < -0.3 is 9.73 Å². The Balaban J connectivity index is 1.54. The van der Waals surface area contributed by atoms with Gasteiger partial charge in [0.2, 0.25) is 5.91 Å². The summed E-state index contributed by atoms with van der Waals surface area (Å²) in [5.41, 5.74) is 3.87. The van der Waals surface area contributed by atoms with Crippen molar-refractivity contribution in [3.63, 3.8) is 0 Å². The third-order valence-electron chi connectivity index (χ3n) is 5.52. The molecule has 4 nitrogen and oxygen atoms in total. The molecule has 1 fully saturated rings. The molecule has 1 heterocycles. The zero-order chi connectivity index (χ0) is 16.6. The summed E-state index contributed by atoms with van der Waals surface area (Å²) in [7, 11) is 0. The normalized spacial score (nSPS) is 19.0. The first-order valence-corrected chi connectivity index (χ1v) is 8.93. The van der Waals surface area contributed by atoms with Crippen molar-refractivity contribution in [3.8, 4) is 6.07 Å². The van der Waals surface area contributed by atoms with Crippen LogP contribution in [0.15, 0.2) is 22.8 Å². The molecule has 1 saturated carbocycles. The molecule has 4 heteroatoms. The van der Waals surface area contributed by atoms with E-state index >= 15 is 0 Å². The van der Waals surface area contributed by atoms with Crippen molar-refractivity contribution in [3.05, 3.63) is 35.1 Å². The number of aryl methyl sites for hydroxylation is 2. The maximum Gasteiger partial charge on any atom is 0.225 e. The van der Waals surface area contributed by atoms with Crippen molar-refractivity contribution < 1.29 is 9.21 Å². The van der Waals surface area contributed by atoms with Crippen LogP contribution in [0.2, 0.25) is 0 Å². The van der Waals surface area contributed by atoms with Crippen LogP contribution >= 0.6 is 0 Å². The Hall–Kier alpha value is -2.28. The van der Waals surface area contributed by atoms with Crippen molar-refractivity contribution >= 4 is 16.9 Å². The number of fused-ring (bicyclic) bond motifs is 2. The van der Waals surface area contributed by atoms with E-state index in [4.69, 9.17) is 4.42 Å². The van der Waals surface area contributed by atoms with Crippen LogP contribution in [-0.4, -0.2) is 11.4 Å². The molecule has 24 heavy (non-hydrogen) atoms. The maximum absolute atomic E-state index is 12.5. The molecule has 4 rings (SSSR count). The molecule has 0 atom stereocenters. The predicted octanol–water partition coefficient (Wildman–Crippen LogP) is 3.81. The summed E-state index contributed by atoms with van der Waals surface area (Å²) < 4.78 is 5.67. The minimum Gasteiger partial charge on any atom is -0.464 e. The van der Waals surface area contributed by atoms with E-state index in [1.165, 1.54) is 17.5 Å². The number of rotatable bonds is 3. The smallest absolute Gasteiger partial charge is 0.225 e. The molecule has 0 radical (unpaired) electrons. The fourth-order valence-electron chi connectivity index (χ4n) is 4.19. The number of furan rings is 1. The molecule has 1 amide bonds. The second-order valence-corrected chi connectivity index (χ2v) is 7.21. The van der Waals surface area contributed by atoms with E-state index in [2.05, 4.69) is 23.5 Å². The van der Waals surface area contributed by atoms with Gasteiger partial charge in [-0.05, 0) is 55.4 Å². The Morgan fingerprint density at radius 2 is 1.92 bits per heavy atom. The highest BCUT2D eigenvalue weighted by Gasteiger charge is 2.33. The van der Waals surface area contributed by atoms with Crippen LogP contribution in [-0.2, 0) is 24.1 Å². The summed E-state index contributed by atoms with van der Waals surface area (Å²) >= 11 is 0. The maximum atomic E-state index is 12.5. The van der Waals surface area contributed by atoms with E-state index in [-0.39, 0.29) is 12.3 Å². The van der Waals surface area contributed by atoms with Crippen molar-refractivity contribution in [2.24, 2.45) is 0 Å². The van der Waals surface area contributed by atoms with Crippen molar-refractivity contribution in [2.75, 3.05) is 0 Å². The fourth-order valence-corrected chi connectivity index (χ4v) is 4.19. The van der Waals surface area contributed by atoms with E-state index in [1.807, 2.05) is 0 Å². The number of nitriles is 1. The largest absolute Gasteiger partial charge is 0.464 e. The van der Waals surface area contributed by atoms with Crippen LogP contribution in [0.4, 0.5) is 0 Å². The zero-order valence-electron chi connectivity index (χ0n) is 13.9. The van der Waals surface area contributed by atoms with Gasteiger partial charge in [-0.15, -0.1) is 0 Å². The summed E-state index contributed by atoms with van der Waals surface area (Å²) in [6.45, 7) is 0. The van der Waals surface area contributed by atoms with Crippen molar-refractivity contribution in [1.82, 2.24) is 5.32 Å². The Labute approximate surface area is 141 Å². The molecule has 2 aromatic rings. The zero-order valence-corrected chi connectivity index (χ0v) is 13.9. The average molecular weight is 322 g/mol. The first-order chi connectivity index (χ1) is 11.7. The minimum absolute atomic E-state index is 0.0818. The monoisotopic (exact) mass is 322 g/mol. The molecule has 0 aliphatic heterocycles. The molecule has 124 valence electrons. The van der Waals surface area contributed by atoms with Crippen LogP contribution in [0.5, 0.6) is 0 Å². The number of hydrogen-bond acceptors (Lipinski definition) is 3. The lowest BCUT2D eigenvalue weighted by Crippen LogP contribution is -2.49. The number of nitrogens with one attached hydrogen (secondary N) is 1. The molecule has 2 aliphatic rings. The second kappa shape index (κ2) is 5.98. The molecular weight excluding hydrogens is 300 g/mol. The summed E-state index contributed by atoms with van der Waals surface area (Å²) in [6, 6.07) is 6.65. The summed E-state index contributed by atoms with van der Waals surface area (Å²) in [6.07, 6.45) is 10.1. The van der Waals surface area contributed by atoms with Gasteiger partial charge in [-0.1, -0.05) is 19.3 Å². The van der Waals surface area contributed by atoms with E-state index in [0.717, 1.165) is 61.5 Å². The number of amides is 1. The number of hydrogen-bond donors (Lipinski definition) is 1. The quantitative estimate of drug-likeness (QED) is 0.934. The molecule has 2 aliphatic carbocycles. The molecule has 0 spiro atoms. The van der Waals surface area contributed by atoms with Gasteiger partial charge in [0.1, 0.15) is 11.1 Å². The molecule has 0 saturated heterocycles. The number of carbonyl (C=O) groups is 1. The number of nitrogens with zero attached hydrogens (tertiary/aromatic N) is 1. The molecule has 1 N–H and O–H groups in total. The van der Waals surface area contributed by atoms with Gasteiger partial charge in [0.15, 0.2) is 0 Å². The first-order valence-electron chi connectivity index (χ1n) is 8.93. The molecule has 0 bridgehead atoms. The highest BCUT2D eigenvalue weighted by Crippen LogP contribution is 2.31. The fraction of sp³-hybridized carbons (Fsp3) is 0.500. The standard InChI is InChI=1S/C20H22N2O2/c21-13-20(7-2-1-3-8-20)22-19(23)11-16-12-24-18-10-15-6-4-5-14(15)9-17(16)18/h9-10,12H,1-8,11H2,(H,22,23). The Kier molecular flexibility index (Phi) is 3.80. The van der Waals surface area contributed by atoms with E-state index in [9.17, 15) is 10.1 Å². The molecule has 1 aromatic heterocycles. The van der Waals surface area contributed by atoms with Crippen molar-refractivity contribution in [2.45, 2.75) is 63.3 Å². The van der Waals surface area contributed by atoms with Gasteiger partial charge in [0.05, 0.1) is 18.8 Å². The SMILES string of the molecule is N#CC1(NC(=O)Cc2coc3cc4c(cc23)CCC4)CCCCC1. The van der Waals surface area contributed by atoms with Gasteiger partial charge in [0.25, 0.3) is 0 Å². The highest BCUT2D eigenvalue weighted by molar-refractivity contribution is 5.89. The van der Waals surface area contributed by atoms with Crippen molar-refractivity contribution in [1.29, 1.82) is 5.26 Å². The third kappa shape index (κ3) is 2.69. The molecule has 1 aromatic carbocycles. The average Bonchev–Trinajstić information content (AvgIpc) is 3.20. The number of benzene rings is 1. The lowest BCUT2D eigenvalue weighted by molar-refractivity contribution is -0.122. The van der Waals surface area contributed by atoms with E-state index < -0.39 is 5.54 Å². The highest BCUT2D eigenvalue weighted by atomic mass is 16.3. The Morgan fingerprint density at radius 3 is 2.67 bits per heavy atom. The van der Waals surface area contributed by atoms with Gasteiger partial charge >= 0.3 is 0 Å². The van der Waals surface area contributed by atoms with Gasteiger partial charge in [-0.25, -0.2) is 0 Å². The molecule has 0 unspecified atom stereocenters. The summed E-state index contributed by atoms with van der Waals surface area (Å²) in [5, 5.41) is 13.5. The van der Waals surface area contributed by atoms with Crippen LogP contribution in [0.25, 0.3) is 11.0 Å². The molecular formula is C20H22N2O2. The van der Waals surface area contributed by atoms with Crippen LogP contribution < -0.4 is 5.32 Å². The van der Waals surface area contributed by atoms with Gasteiger partial charge in [0, 0.05) is 10.9 Å². The topological polar surface area (TPSA) is 66.0 Å². The van der Waals surface area contributed by atoms with Gasteiger partial charge in [-0.3, -0.25) is 4.79 Å². The minimum atomic E-state index is -0.671. The van der Waals surface area contributed by atoms with Gasteiger partial charge in [-0.2, -0.15) is 5.26 Å². The van der Waals surface area contributed by atoms with Crippen LogP contribution in [0, 0.1) is 11.3 Å². The Morgan fingerprint density at radius 1 is 1.17 bits per heavy atom. The van der Waals surface area contributed by atoms with Crippen LogP contribution in [0.3, 0.4) is 0 Å². The predicted molar refractivity (Wildman–Crippen MR) is 91.5 cm³/mol. The number of carbonyl (C=O) groups excluding carboxylic acids is 1. The van der Waals surface area contributed by atoms with Crippen LogP contribution in [0.1, 0.15) is 55.2 Å². The Bertz CT molecular complexity index is 822. The summed E-state index contributed by atoms with van der Waals surface area (Å²) in [4.78, 5) is 12.5. The third-order valence-corrected chi connectivity index (χ3v) is 5.52. The lowest BCUT2D eigenvalue weighted by Gasteiger charge is -2.31.